The highest BCUT2D eigenvalue weighted by atomic mass is 32.3. The monoisotopic (exact) mass is 338 g/mol. The normalized spacial score (nSPS) is 15.2. The Hall–Kier alpha value is -1.43. The molecule has 1 saturated heterocycles. The Morgan fingerprint density at radius 1 is 1.43 bits per heavy atom. The third-order valence-corrected chi connectivity index (χ3v) is 4.11. The van der Waals surface area contributed by atoms with Crippen molar-refractivity contribution in [3.63, 3.8) is 0 Å². The van der Waals surface area contributed by atoms with Crippen LogP contribution in [0.4, 0.5) is 17.3 Å². The SMILES string of the molecule is CNc1cc(N2CCSCC2)cc(N)[n+]1OS(=O)(=O)O.[OH-]. The minimum Gasteiger partial charge on any atom is -0.870 e. The van der Waals surface area contributed by atoms with Crippen molar-refractivity contribution >= 4 is 39.5 Å². The molecule has 0 bridgehead atoms. The first-order valence-corrected chi connectivity index (χ1v) is 8.46. The van der Waals surface area contributed by atoms with Crippen molar-refractivity contribution in [2.45, 2.75) is 0 Å². The Kier molecular flexibility index (Phi) is 5.89. The molecule has 1 fully saturated rings. The van der Waals surface area contributed by atoms with Gasteiger partial charge in [0, 0.05) is 43.8 Å². The molecule has 0 aromatic carbocycles. The van der Waals surface area contributed by atoms with Gasteiger partial charge in [-0.1, -0.05) is 0 Å². The van der Waals surface area contributed by atoms with Gasteiger partial charge in [0.2, 0.25) is 0 Å². The number of hydrogen-bond acceptors (Lipinski definition) is 8. The number of rotatable bonds is 4. The summed E-state index contributed by atoms with van der Waals surface area (Å²) in [5, 5.41) is 2.79. The van der Waals surface area contributed by atoms with E-state index in [4.69, 9.17) is 10.3 Å². The molecular weight excluding hydrogens is 320 g/mol. The van der Waals surface area contributed by atoms with E-state index < -0.39 is 10.4 Å². The van der Waals surface area contributed by atoms with Crippen LogP contribution in [0.1, 0.15) is 0 Å². The average molecular weight is 338 g/mol. The van der Waals surface area contributed by atoms with Crippen molar-refractivity contribution in [3.05, 3.63) is 12.1 Å². The maximum atomic E-state index is 10.8. The fourth-order valence-electron chi connectivity index (χ4n) is 1.94. The number of hydrogen-bond donors (Lipinski definition) is 3. The molecule has 11 heteroatoms. The van der Waals surface area contributed by atoms with Crippen molar-refractivity contribution in [2.24, 2.45) is 0 Å². The van der Waals surface area contributed by atoms with E-state index >= 15 is 0 Å². The molecule has 0 spiro atoms. The van der Waals surface area contributed by atoms with Gasteiger partial charge in [0.1, 0.15) is 0 Å². The molecule has 0 aliphatic carbocycles. The van der Waals surface area contributed by atoms with E-state index in [0.717, 1.165) is 35.0 Å². The van der Waals surface area contributed by atoms with E-state index in [0.29, 0.717) is 5.82 Å². The summed E-state index contributed by atoms with van der Waals surface area (Å²) >= 11 is 1.89. The fraction of sp³-hybridized carbons (Fsp3) is 0.500. The molecule has 1 aromatic rings. The lowest BCUT2D eigenvalue weighted by molar-refractivity contribution is -0.833. The highest BCUT2D eigenvalue weighted by Crippen LogP contribution is 2.22. The Morgan fingerprint density at radius 2 is 2.05 bits per heavy atom. The number of pyridine rings is 1. The van der Waals surface area contributed by atoms with E-state index in [1.54, 1.807) is 19.2 Å². The zero-order valence-corrected chi connectivity index (χ0v) is 13.0. The molecule has 1 aromatic heterocycles. The molecule has 0 radical (unpaired) electrons. The van der Waals surface area contributed by atoms with Crippen molar-refractivity contribution in [2.75, 3.05) is 47.6 Å². The zero-order valence-electron chi connectivity index (χ0n) is 11.4. The molecule has 120 valence electrons. The van der Waals surface area contributed by atoms with Gasteiger partial charge in [-0.25, -0.2) is 4.28 Å². The van der Waals surface area contributed by atoms with Crippen LogP contribution in [0.25, 0.3) is 0 Å². The Balaban J connectivity index is 0.00000220. The number of thioether (sulfide) groups is 1. The molecule has 9 nitrogen and oxygen atoms in total. The van der Waals surface area contributed by atoms with Crippen LogP contribution in [0.5, 0.6) is 0 Å². The van der Waals surface area contributed by atoms with Crippen molar-refractivity contribution in [3.8, 4) is 0 Å². The van der Waals surface area contributed by atoms with Crippen LogP contribution in [0.15, 0.2) is 12.1 Å². The van der Waals surface area contributed by atoms with E-state index in [-0.39, 0.29) is 11.3 Å². The first-order chi connectivity index (χ1) is 9.40. The largest absolute Gasteiger partial charge is 0.870 e. The Labute approximate surface area is 127 Å². The number of nitrogens with two attached hydrogens (primary N) is 1. The highest BCUT2D eigenvalue weighted by molar-refractivity contribution is 7.99. The smallest absolute Gasteiger partial charge is 0.476 e. The second kappa shape index (κ2) is 7.02. The minimum atomic E-state index is -4.64. The van der Waals surface area contributed by atoms with Crippen LogP contribution in [-0.2, 0) is 10.4 Å². The molecule has 1 aliphatic rings. The highest BCUT2D eigenvalue weighted by Gasteiger charge is 2.22. The van der Waals surface area contributed by atoms with Crippen molar-refractivity contribution in [1.82, 2.24) is 0 Å². The summed E-state index contributed by atoms with van der Waals surface area (Å²) in [5.41, 5.74) is 6.68. The Bertz CT molecular complexity index is 589. The second-order valence-electron chi connectivity index (χ2n) is 4.17. The van der Waals surface area contributed by atoms with Crippen LogP contribution in [0.2, 0.25) is 0 Å². The minimum absolute atomic E-state index is 0. The van der Waals surface area contributed by atoms with Gasteiger partial charge in [-0.3, -0.25) is 4.55 Å². The third kappa shape index (κ3) is 4.52. The molecule has 21 heavy (non-hydrogen) atoms. The number of anilines is 3. The summed E-state index contributed by atoms with van der Waals surface area (Å²) in [7, 11) is -3.04. The lowest BCUT2D eigenvalue weighted by atomic mass is 10.3. The van der Waals surface area contributed by atoms with E-state index in [1.807, 2.05) is 11.8 Å². The van der Waals surface area contributed by atoms with Gasteiger partial charge in [0.05, 0.1) is 5.69 Å². The summed E-state index contributed by atoms with van der Waals surface area (Å²) < 4.78 is 35.7. The van der Waals surface area contributed by atoms with Crippen molar-refractivity contribution in [1.29, 1.82) is 0 Å². The van der Waals surface area contributed by atoms with Crippen LogP contribution >= 0.6 is 11.8 Å². The first-order valence-electron chi connectivity index (χ1n) is 5.94. The second-order valence-corrected chi connectivity index (χ2v) is 6.40. The molecule has 0 amide bonds. The van der Waals surface area contributed by atoms with Gasteiger partial charge in [0.15, 0.2) is 0 Å². The molecule has 0 unspecified atom stereocenters. The quantitative estimate of drug-likeness (QED) is 0.476. The molecule has 0 saturated carbocycles. The fourth-order valence-corrected chi connectivity index (χ4v) is 3.20. The number of nitrogens with zero attached hydrogens (tertiary/aromatic N) is 2. The third-order valence-electron chi connectivity index (χ3n) is 2.83. The standard InChI is InChI=1S/C10H16N4O4S2.H2O/c1-12-10-7-8(13-2-4-19-5-3-13)6-9(11)14(10)18-20(15,16)17;/h6-7H,2-5H2,1H3,(H3,11,12,15,16,17);1H2. The van der Waals surface area contributed by atoms with Crippen molar-refractivity contribution < 1.29 is 27.5 Å². The summed E-state index contributed by atoms with van der Waals surface area (Å²) in [6.45, 7) is 1.80. The molecule has 1 aliphatic heterocycles. The molecule has 0 atom stereocenters. The van der Waals surface area contributed by atoms with Crippen LogP contribution < -0.4 is 25.0 Å². The van der Waals surface area contributed by atoms with E-state index in [1.165, 1.54) is 0 Å². The van der Waals surface area contributed by atoms with Gasteiger partial charge < -0.3 is 21.4 Å². The predicted octanol–water partition coefficient (Wildman–Crippen LogP) is -0.794. The lowest BCUT2D eigenvalue weighted by Crippen LogP contribution is -2.50. The molecule has 2 heterocycles. The summed E-state index contributed by atoms with van der Waals surface area (Å²) in [5.74, 6) is 2.47. The summed E-state index contributed by atoms with van der Waals surface area (Å²) in [6.07, 6.45) is 0. The van der Waals surface area contributed by atoms with E-state index in [2.05, 4.69) is 14.5 Å². The van der Waals surface area contributed by atoms with Gasteiger partial charge >= 0.3 is 10.4 Å². The average Bonchev–Trinajstić information content (AvgIpc) is 2.40. The van der Waals surface area contributed by atoms with Gasteiger partial charge in [-0.05, 0) is 4.73 Å². The van der Waals surface area contributed by atoms with Gasteiger partial charge in [-0.15, -0.1) is 0 Å². The number of nitrogen functional groups attached to an aromatic ring is 1. The first kappa shape index (κ1) is 17.6. The molecule has 2 rings (SSSR count). The zero-order chi connectivity index (χ0) is 14.8. The maximum absolute atomic E-state index is 10.8. The molecular formula is C10H18N4O5S2. The van der Waals surface area contributed by atoms with Crippen LogP contribution in [0.3, 0.4) is 0 Å². The summed E-state index contributed by atoms with van der Waals surface area (Å²) in [4.78, 5) is 2.16. The van der Waals surface area contributed by atoms with Crippen LogP contribution in [0, 0.1) is 0 Å². The van der Waals surface area contributed by atoms with Gasteiger partial charge in [-0.2, -0.15) is 20.2 Å². The van der Waals surface area contributed by atoms with Crippen LogP contribution in [-0.4, -0.2) is 50.1 Å². The predicted molar refractivity (Wildman–Crippen MR) is 80.2 cm³/mol. The van der Waals surface area contributed by atoms with Gasteiger partial charge in [0.25, 0.3) is 11.6 Å². The Morgan fingerprint density at radius 3 is 2.57 bits per heavy atom. The lowest BCUT2D eigenvalue weighted by Gasteiger charge is -2.28. The topological polar surface area (TPSA) is 139 Å². The molecule has 5 N–H and O–H groups in total. The summed E-state index contributed by atoms with van der Waals surface area (Å²) in [6, 6.07) is 3.33. The van der Waals surface area contributed by atoms with E-state index in [9.17, 15) is 8.42 Å². The number of aromatic nitrogens is 1. The number of nitrogens with one attached hydrogen (secondary N) is 1. The maximum Gasteiger partial charge on any atom is 0.476 e.